The number of amides is 1. The number of quaternary nitrogens is 1. The van der Waals surface area contributed by atoms with E-state index in [1.807, 2.05) is 98.0 Å². The number of nitrogens with one attached hydrogen (secondary N) is 2. The molecule has 4 heteroatoms. The third-order valence-corrected chi connectivity index (χ3v) is 4.57. The Morgan fingerprint density at radius 2 is 1.36 bits per heavy atom. The highest BCUT2D eigenvalue weighted by atomic mass is 16.5. The molecule has 0 aliphatic carbocycles. The molecular formula is C24H27N2O2+. The van der Waals surface area contributed by atoms with Crippen LogP contribution < -0.4 is 15.0 Å². The van der Waals surface area contributed by atoms with Gasteiger partial charge in [0, 0.05) is 0 Å². The molecule has 3 aromatic rings. The maximum Gasteiger partial charge on any atom is 0.275 e. The van der Waals surface area contributed by atoms with Crippen LogP contribution in [0.4, 0.5) is 0 Å². The minimum atomic E-state index is -0.150. The van der Waals surface area contributed by atoms with Gasteiger partial charge in [-0.05, 0) is 23.3 Å². The average Bonchev–Trinajstić information content (AvgIpc) is 2.74. The van der Waals surface area contributed by atoms with E-state index in [4.69, 9.17) is 4.74 Å². The monoisotopic (exact) mass is 375 g/mol. The third kappa shape index (κ3) is 5.96. The van der Waals surface area contributed by atoms with Gasteiger partial charge in [0.2, 0.25) is 0 Å². The van der Waals surface area contributed by atoms with Crippen molar-refractivity contribution >= 4 is 5.91 Å². The van der Waals surface area contributed by atoms with Crippen molar-refractivity contribution in [3.63, 3.8) is 0 Å². The largest absolute Gasteiger partial charge is 0.488 e. The van der Waals surface area contributed by atoms with Crippen LogP contribution in [-0.4, -0.2) is 32.7 Å². The molecule has 1 atom stereocenters. The Hall–Kier alpha value is -3.11. The number of para-hydroxylation sites is 1. The molecule has 3 rings (SSSR count). The van der Waals surface area contributed by atoms with Gasteiger partial charge in [-0.25, -0.2) is 0 Å². The predicted octanol–water partition coefficient (Wildman–Crippen LogP) is 2.49. The maximum absolute atomic E-state index is 12.7. The molecule has 1 amide bonds. The molecule has 0 fully saturated rings. The summed E-state index contributed by atoms with van der Waals surface area (Å²) in [5, 5.41) is 3.19. The van der Waals surface area contributed by atoms with E-state index < -0.39 is 0 Å². The molecule has 0 saturated heterocycles. The lowest BCUT2D eigenvalue weighted by Crippen LogP contribution is -3.10. The fourth-order valence-corrected chi connectivity index (χ4v) is 3.08. The summed E-state index contributed by atoms with van der Waals surface area (Å²) in [6.07, 6.45) is 0. The fraction of sp³-hybridized carbons (Fsp3) is 0.208. The number of carbonyl (C=O) groups excluding carboxylic acids is 1. The van der Waals surface area contributed by atoms with E-state index in [0.717, 1.165) is 28.3 Å². The van der Waals surface area contributed by atoms with Gasteiger partial charge in [-0.1, -0.05) is 78.9 Å². The van der Waals surface area contributed by atoms with Gasteiger partial charge in [0.25, 0.3) is 5.91 Å². The van der Waals surface area contributed by atoms with Crippen molar-refractivity contribution in [2.24, 2.45) is 0 Å². The van der Waals surface area contributed by atoms with Crippen molar-refractivity contribution in [1.82, 2.24) is 5.32 Å². The van der Waals surface area contributed by atoms with Gasteiger partial charge in [-0.15, -0.1) is 0 Å². The lowest BCUT2D eigenvalue weighted by atomic mass is 9.99. The van der Waals surface area contributed by atoms with Crippen LogP contribution in [0.1, 0.15) is 17.2 Å². The van der Waals surface area contributed by atoms with Crippen molar-refractivity contribution < 1.29 is 14.4 Å². The molecule has 0 heterocycles. The highest BCUT2D eigenvalue weighted by molar-refractivity contribution is 5.77. The molecule has 4 nitrogen and oxygen atoms in total. The molecule has 0 aliphatic heterocycles. The third-order valence-electron chi connectivity index (χ3n) is 4.57. The first-order chi connectivity index (χ1) is 13.7. The number of likely N-dealkylation sites (N-methyl/N-ethyl adjacent to an activating group) is 1. The summed E-state index contributed by atoms with van der Waals surface area (Å²) in [5.41, 5.74) is 2.15. The molecule has 0 bridgehead atoms. The van der Waals surface area contributed by atoms with Crippen LogP contribution in [-0.2, 0) is 4.79 Å². The molecule has 0 spiro atoms. The predicted molar refractivity (Wildman–Crippen MR) is 111 cm³/mol. The summed E-state index contributed by atoms with van der Waals surface area (Å²) in [4.78, 5) is 13.8. The fourth-order valence-electron chi connectivity index (χ4n) is 3.08. The summed E-state index contributed by atoms with van der Waals surface area (Å²) in [5.74, 6) is 0.878. The molecule has 0 saturated carbocycles. The second-order valence-corrected chi connectivity index (χ2v) is 6.87. The Bertz CT molecular complexity index is 799. The van der Waals surface area contributed by atoms with E-state index in [2.05, 4.69) is 5.32 Å². The zero-order chi connectivity index (χ0) is 19.6. The lowest BCUT2D eigenvalue weighted by Gasteiger charge is -2.21. The molecule has 0 radical (unpaired) electrons. The Morgan fingerprint density at radius 3 is 1.89 bits per heavy atom. The molecule has 0 aromatic heterocycles. The average molecular weight is 375 g/mol. The number of ether oxygens (including phenoxy) is 1. The number of hydrogen-bond acceptors (Lipinski definition) is 2. The van der Waals surface area contributed by atoms with Crippen LogP contribution in [0.15, 0.2) is 91.0 Å². The van der Waals surface area contributed by atoms with Gasteiger partial charge >= 0.3 is 0 Å². The number of hydrogen-bond donors (Lipinski definition) is 2. The van der Waals surface area contributed by atoms with Crippen LogP contribution >= 0.6 is 0 Å². The first-order valence-electron chi connectivity index (χ1n) is 9.61. The first kappa shape index (κ1) is 19.6. The van der Waals surface area contributed by atoms with E-state index >= 15 is 0 Å². The minimum absolute atomic E-state index is 0.0231. The highest BCUT2D eigenvalue weighted by Gasteiger charge is 2.18. The standard InChI is InChI=1S/C24H26N2O2/c1-26(17-18-28-22-15-9-4-10-16-22)19-23(27)25-24(20-11-5-2-6-12-20)21-13-7-3-8-14-21/h2-16,24H,17-19H2,1H3,(H,25,27)/p+1. The van der Waals surface area contributed by atoms with Crippen molar-refractivity contribution in [2.75, 3.05) is 26.7 Å². The zero-order valence-electron chi connectivity index (χ0n) is 16.2. The zero-order valence-corrected chi connectivity index (χ0v) is 16.2. The Labute approximate surface area is 166 Å². The van der Waals surface area contributed by atoms with Gasteiger partial charge in [0.15, 0.2) is 6.54 Å². The molecule has 28 heavy (non-hydrogen) atoms. The van der Waals surface area contributed by atoms with Crippen LogP contribution in [0, 0.1) is 0 Å². The van der Waals surface area contributed by atoms with Gasteiger partial charge < -0.3 is 15.0 Å². The van der Waals surface area contributed by atoms with E-state index in [0.29, 0.717) is 13.2 Å². The summed E-state index contributed by atoms with van der Waals surface area (Å²) in [6.45, 7) is 1.72. The minimum Gasteiger partial charge on any atom is -0.488 e. The maximum atomic E-state index is 12.7. The van der Waals surface area contributed by atoms with Crippen LogP contribution in [0.3, 0.4) is 0 Å². The van der Waals surface area contributed by atoms with Gasteiger partial charge in [-0.2, -0.15) is 0 Å². The van der Waals surface area contributed by atoms with Crippen molar-refractivity contribution in [3.8, 4) is 5.75 Å². The molecule has 144 valence electrons. The van der Waals surface area contributed by atoms with Crippen LogP contribution in [0.2, 0.25) is 0 Å². The second kappa shape index (κ2) is 10.3. The van der Waals surface area contributed by atoms with Gasteiger partial charge in [0.05, 0.1) is 13.1 Å². The Morgan fingerprint density at radius 1 is 0.857 bits per heavy atom. The van der Waals surface area contributed by atoms with Gasteiger partial charge in [-0.3, -0.25) is 4.79 Å². The summed E-state index contributed by atoms with van der Waals surface area (Å²) in [7, 11) is 2.01. The Balaban J connectivity index is 1.55. The van der Waals surface area contributed by atoms with E-state index in [9.17, 15) is 4.79 Å². The molecule has 2 N–H and O–H groups in total. The number of rotatable bonds is 9. The van der Waals surface area contributed by atoms with E-state index in [1.165, 1.54) is 0 Å². The molecule has 1 unspecified atom stereocenters. The topological polar surface area (TPSA) is 42.8 Å². The molecule has 0 aliphatic rings. The summed E-state index contributed by atoms with van der Waals surface area (Å²) < 4.78 is 5.73. The highest BCUT2D eigenvalue weighted by Crippen LogP contribution is 2.21. The SMILES string of the molecule is C[NH+](CCOc1ccccc1)CC(=O)NC(c1ccccc1)c1ccccc1. The molecule has 3 aromatic carbocycles. The molecular weight excluding hydrogens is 348 g/mol. The lowest BCUT2D eigenvalue weighted by molar-refractivity contribution is -0.871. The number of benzene rings is 3. The van der Waals surface area contributed by atoms with Crippen LogP contribution in [0.5, 0.6) is 5.75 Å². The van der Waals surface area contributed by atoms with E-state index in [1.54, 1.807) is 0 Å². The Kier molecular flexibility index (Phi) is 7.21. The first-order valence-corrected chi connectivity index (χ1v) is 9.61. The number of carbonyl (C=O) groups is 1. The smallest absolute Gasteiger partial charge is 0.275 e. The quantitative estimate of drug-likeness (QED) is 0.603. The second-order valence-electron chi connectivity index (χ2n) is 6.87. The van der Waals surface area contributed by atoms with Gasteiger partial charge in [0.1, 0.15) is 18.9 Å². The van der Waals surface area contributed by atoms with E-state index in [-0.39, 0.29) is 11.9 Å². The van der Waals surface area contributed by atoms with Crippen molar-refractivity contribution in [2.45, 2.75) is 6.04 Å². The summed E-state index contributed by atoms with van der Waals surface area (Å²) in [6, 6.07) is 29.7. The van der Waals surface area contributed by atoms with Crippen molar-refractivity contribution in [1.29, 1.82) is 0 Å². The van der Waals surface area contributed by atoms with Crippen molar-refractivity contribution in [3.05, 3.63) is 102 Å². The van der Waals surface area contributed by atoms with Crippen LogP contribution in [0.25, 0.3) is 0 Å². The normalized spacial score (nSPS) is 11.8. The summed E-state index contributed by atoms with van der Waals surface area (Å²) >= 11 is 0.